The first-order valence-corrected chi connectivity index (χ1v) is 36.5. The van der Waals surface area contributed by atoms with Gasteiger partial charge in [0, 0.05) is 17.1 Å². The Balaban J connectivity index is 1.04. The summed E-state index contributed by atoms with van der Waals surface area (Å²) in [4.78, 5) is 7.43. The van der Waals surface area contributed by atoms with Crippen molar-refractivity contribution in [3.05, 3.63) is 373 Å². The Kier molecular flexibility index (Phi) is 14.0. The molecule has 0 bridgehead atoms. The molecule has 0 unspecified atom stereocenters. The number of rotatable bonds is 12. The predicted octanol–water partition coefficient (Wildman–Crippen LogP) is 23.8. The zero-order valence-corrected chi connectivity index (χ0v) is 57.5. The van der Waals surface area contributed by atoms with Crippen LogP contribution in [0.25, 0.3) is 33.4 Å². The van der Waals surface area contributed by atoms with Gasteiger partial charge in [0.25, 0.3) is 0 Å². The second-order valence-electron chi connectivity index (χ2n) is 28.5. The van der Waals surface area contributed by atoms with Crippen LogP contribution in [-0.4, -0.2) is 0 Å². The van der Waals surface area contributed by atoms with Crippen LogP contribution in [0.2, 0.25) is 0 Å². The number of hydrogen-bond acceptors (Lipinski definition) is 6. The van der Waals surface area contributed by atoms with E-state index < -0.39 is 16.2 Å². The fourth-order valence-corrected chi connectivity index (χ4v) is 19.3. The minimum atomic E-state index is -1.12. The maximum atomic E-state index is 11.6. The quantitative estimate of drug-likeness (QED) is 0.121. The van der Waals surface area contributed by atoms with Crippen LogP contribution in [0.15, 0.2) is 273 Å². The van der Waals surface area contributed by atoms with Gasteiger partial charge in [0.2, 0.25) is 0 Å². The van der Waals surface area contributed by atoms with Crippen LogP contribution in [0, 0.1) is 34.0 Å². The maximum Gasteiger partial charge on any atom is 0.0991 e. The molecule has 3 heterocycles. The van der Waals surface area contributed by atoms with Crippen molar-refractivity contribution in [1.82, 2.24) is 0 Å². The number of nitrogens with zero attached hydrogens (tertiary/aromatic N) is 6. The molecule has 13 aromatic carbocycles. The molecule has 3 aliphatic heterocycles. The van der Waals surface area contributed by atoms with Crippen LogP contribution >= 0.6 is 0 Å². The molecule has 3 spiro atoms. The Bertz CT molecular complexity index is 5060. The van der Waals surface area contributed by atoms with Crippen LogP contribution in [0.1, 0.15) is 159 Å². The first kappa shape index (κ1) is 60.9. The Morgan fingerprint density at radius 2 is 0.490 bits per heavy atom. The molecule has 102 heavy (non-hydrogen) atoms. The van der Waals surface area contributed by atoms with E-state index in [1.54, 1.807) is 0 Å². The van der Waals surface area contributed by atoms with Crippen molar-refractivity contribution in [2.45, 2.75) is 94.8 Å². The molecule has 6 nitrogen and oxygen atoms in total. The highest BCUT2D eigenvalue weighted by Crippen LogP contribution is 2.77. The monoisotopic (exact) mass is 1310 g/mol. The summed E-state index contributed by atoms with van der Waals surface area (Å²) in [6.07, 6.45) is 9.75. The number of fused-ring (bicyclic) bond motifs is 30. The van der Waals surface area contributed by atoms with Gasteiger partial charge in [-0.15, -0.1) is 0 Å². The van der Waals surface area contributed by atoms with E-state index in [-0.39, 0.29) is 0 Å². The van der Waals surface area contributed by atoms with Crippen molar-refractivity contribution >= 4 is 51.2 Å². The van der Waals surface area contributed by atoms with Gasteiger partial charge in [-0.05, 0) is 265 Å². The lowest BCUT2D eigenvalue weighted by Crippen LogP contribution is -2.39. The Morgan fingerprint density at radius 1 is 0.265 bits per heavy atom. The molecule has 13 aromatic rings. The molecule has 6 aliphatic rings. The van der Waals surface area contributed by atoms with E-state index >= 15 is 0 Å². The molecule has 0 saturated carbocycles. The van der Waals surface area contributed by atoms with Gasteiger partial charge in [0.15, 0.2) is 0 Å². The van der Waals surface area contributed by atoms with Crippen LogP contribution in [0.4, 0.5) is 51.2 Å². The second kappa shape index (κ2) is 23.4. The van der Waals surface area contributed by atoms with Crippen molar-refractivity contribution in [2.24, 2.45) is 0 Å². The highest BCUT2D eigenvalue weighted by atomic mass is 15.2. The zero-order valence-electron chi connectivity index (χ0n) is 57.5. The van der Waals surface area contributed by atoms with Crippen LogP contribution in [-0.2, 0) is 35.5 Å². The lowest BCUT2D eigenvalue weighted by Gasteiger charge is -2.48. The first-order valence-electron chi connectivity index (χ1n) is 36.5. The molecule has 0 radical (unpaired) electrons. The SMILES string of the molecule is CCCCc1ccc(N2c3ccccc3C3(c4cc(C#N)ccc4-c4c3c3c(c5c4C4(c6cc(C#N)ccc6-5)c5ccccc5N(c5ccc(CCCC)cc5)c5ccccc54)C4(c5cc(C#N)ccc5-3)c3ccccc3N(c3ccc(CCCC)cc3)c3ccccc34)c3ccccc32)cc1. The van der Waals surface area contributed by atoms with Gasteiger partial charge in [-0.25, -0.2) is 0 Å². The van der Waals surface area contributed by atoms with Crippen molar-refractivity contribution in [2.75, 3.05) is 14.7 Å². The normalized spacial score (nSPS) is 14.5. The summed E-state index contributed by atoms with van der Waals surface area (Å²) in [5, 5.41) is 34.7. The van der Waals surface area contributed by atoms with Gasteiger partial charge >= 0.3 is 0 Å². The Morgan fingerprint density at radius 3 is 0.706 bits per heavy atom. The van der Waals surface area contributed by atoms with Gasteiger partial charge in [0.1, 0.15) is 0 Å². The van der Waals surface area contributed by atoms with E-state index in [9.17, 15) is 15.8 Å². The maximum absolute atomic E-state index is 11.6. The average molecular weight is 1310 g/mol. The Hall–Kier alpha value is -12.3. The average Bonchev–Trinajstić information content (AvgIpc) is 1.45. The van der Waals surface area contributed by atoms with E-state index in [1.165, 1.54) is 16.7 Å². The molecule has 486 valence electrons. The molecule has 19 rings (SSSR count). The van der Waals surface area contributed by atoms with Gasteiger partial charge in [-0.3, -0.25) is 0 Å². The van der Waals surface area contributed by atoms with Crippen LogP contribution < -0.4 is 14.7 Å². The summed E-state index contributed by atoms with van der Waals surface area (Å²) in [5.41, 5.74) is 31.3. The summed E-state index contributed by atoms with van der Waals surface area (Å²) in [6, 6.07) is 110. The van der Waals surface area contributed by atoms with Gasteiger partial charge in [-0.1, -0.05) is 204 Å². The molecule has 0 N–H and O–H groups in total. The number of unbranched alkanes of at least 4 members (excludes halogenated alkanes) is 3. The highest BCUT2D eigenvalue weighted by Gasteiger charge is 2.65. The molecule has 0 atom stereocenters. The molecule has 6 heteroatoms. The summed E-state index contributed by atoms with van der Waals surface area (Å²) >= 11 is 0. The lowest BCUT2D eigenvalue weighted by atomic mass is 9.58. The number of hydrogen-bond donors (Lipinski definition) is 0. The number of benzene rings is 13. The lowest BCUT2D eigenvalue weighted by molar-refractivity contribution is 0.726. The van der Waals surface area contributed by atoms with E-state index in [0.717, 1.165) is 209 Å². The fraction of sp³-hybridized carbons (Fsp3) is 0.156. The summed E-state index contributed by atoms with van der Waals surface area (Å²) in [7, 11) is 0. The smallest absolute Gasteiger partial charge is 0.0991 e. The third kappa shape index (κ3) is 8.14. The molecule has 3 aliphatic carbocycles. The number of para-hydroxylation sites is 6. The molecule has 0 amide bonds. The molecule has 0 aromatic heterocycles. The van der Waals surface area contributed by atoms with Gasteiger partial charge in [-0.2, -0.15) is 15.8 Å². The minimum absolute atomic E-state index is 0.569. The van der Waals surface area contributed by atoms with Crippen molar-refractivity contribution in [3.63, 3.8) is 0 Å². The zero-order chi connectivity index (χ0) is 68.6. The summed E-state index contributed by atoms with van der Waals surface area (Å²) in [6.45, 7) is 6.76. The minimum Gasteiger partial charge on any atom is -0.310 e. The van der Waals surface area contributed by atoms with Crippen molar-refractivity contribution in [3.8, 4) is 51.6 Å². The van der Waals surface area contributed by atoms with E-state index in [0.29, 0.717) is 16.7 Å². The number of aryl methyl sites for hydroxylation is 3. The van der Waals surface area contributed by atoms with E-state index in [2.05, 4.69) is 308 Å². The topological polar surface area (TPSA) is 81.1 Å². The molecule has 0 fully saturated rings. The van der Waals surface area contributed by atoms with Crippen molar-refractivity contribution in [1.29, 1.82) is 15.8 Å². The predicted molar refractivity (Wildman–Crippen MR) is 413 cm³/mol. The highest BCUT2D eigenvalue weighted by molar-refractivity contribution is 6.13. The fourth-order valence-electron chi connectivity index (χ4n) is 19.3. The van der Waals surface area contributed by atoms with Gasteiger partial charge in [0.05, 0.1) is 85.3 Å². The second-order valence-corrected chi connectivity index (χ2v) is 28.5. The number of nitriles is 3. The van der Waals surface area contributed by atoms with E-state index in [1.807, 2.05) is 18.2 Å². The number of anilines is 9. The largest absolute Gasteiger partial charge is 0.310 e. The molecular weight excluding hydrogens is 1240 g/mol. The van der Waals surface area contributed by atoms with Crippen LogP contribution in [0.3, 0.4) is 0 Å². The summed E-state index contributed by atoms with van der Waals surface area (Å²) in [5.74, 6) is 0. The first-order chi connectivity index (χ1) is 50.4. The van der Waals surface area contributed by atoms with Crippen molar-refractivity contribution < 1.29 is 0 Å². The Labute approximate surface area is 597 Å². The third-order valence-electron chi connectivity index (χ3n) is 23.4. The van der Waals surface area contributed by atoms with Crippen LogP contribution in [0.5, 0.6) is 0 Å². The molecular formula is C96H72N6. The van der Waals surface area contributed by atoms with E-state index in [4.69, 9.17) is 0 Å². The third-order valence-corrected chi connectivity index (χ3v) is 23.4. The van der Waals surface area contributed by atoms with Gasteiger partial charge < -0.3 is 14.7 Å². The molecule has 0 saturated heterocycles. The summed E-state index contributed by atoms with van der Waals surface area (Å²) < 4.78 is 0. The standard InChI is InChI=1S/C96H72N6/c1-4-7-22-61-37-46-67(47-38-61)100-82-31-16-10-25-73(82)94(74-26-11-17-32-83(74)100)79-55-64(58-97)43-52-70(79)88-91(94)89-71-53-44-65(59-98)56-80(71)95(75-27-12-18-33-84(75)101(85-34-19-13-28-76(85)95)68-48-39-62(40-49-68)23-8-5-2)93(89)90-72-54-45-66(60-99)57-81(72)96(92(88)90)77-29-14-20-35-86(77)102(87-36-21-15-30-78(87)96)69-50-41-63(42-51-69)24-9-6-3/h10-21,25-57H,4-9,22-24H2,1-3H3.